The minimum Gasteiger partial charge on any atom is -0.379 e. The summed E-state index contributed by atoms with van der Waals surface area (Å²) in [6, 6.07) is 3.54. The van der Waals surface area contributed by atoms with E-state index < -0.39 is 10.0 Å². The predicted octanol–water partition coefficient (Wildman–Crippen LogP) is 1.62. The summed E-state index contributed by atoms with van der Waals surface area (Å²) in [5, 5.41) is 6.49. The van der Waals surface area contributed by atoms with Gasteiger partial charge in [-0.3, -0.25) is 4.99 Å². The molecule has 7 nitrogen and oxygen atoms in total. The number of morpholine rings is 1. The van der Waals surface area contributed by atoms with Gasteiger partial charge >= 0.3 is 0 Å². The topological polar surface area (TPSA) is 83.0 Å². The summed E-state index contributed by atoms with van der Waals surface area (Å²) in [4.78, 5) is 5.15. The highest BCUT2D eigenvalue weighted by Crippen LogP contribution is 2.25. The van der Waals surface area contributed by atoms with E-state index in [4.69, 9.17) is 4.74 Å². The lowest BCUT2D eigenvalue weighted by Crippen LogP contribution is -2.40. The van der Waals surface area contributed by atoms with Crippen molar-refractivity contribution < 1.29 is 13.2 Å². The van der Waals surface area contributed by atoms with E-state index in [0.717, 1.165) is 23.8 Å². The fraction of sp³-hybridized carbons (Fsp3) is 0.688. The summed E-state index contributed by atoms with van der Waals surface area (Å²) in [5.74, 6) is 0.738. The van der Waals surface area contributed by atoms with Gasteiger partial charge in [-0.05, 0) is 18.6 Å². The molecule has 0 atom stereocenters. The molecule has 142 valence electrons. The predicted molar refractivity (Wildman–Crippen MR) is 102 cm³/mol. The molecule has 1 fully saturated rings. The van der Waals surface area contributed by atoms with Crippen LogP contribution in [-0.2, 0) is 21.3 Å². The molecule has 1 aliphatic heterocycles. The fourth-order valence-corrected chi connectivity index (χ4v) is 5.34. The van der Waals surface area contributed by atoms with Crippen LogP contribution in [0.3, 0.4) is 0 Å². The quantitative estimate of drug-likeness (QED) is 0.402. The van der Waals surface area contributed by atoms with Crippen LogP contribution in [0.2, 0.25) is 0 Å². The van der Waals surface area contributed by atoms with Gasteiger partial charge in [-0.2, -0.15) is 4.31 Å². The maximum Gasteiger partial charge on any atom is 0.252 e. The van der Waals surface area contributed by atoms with Gasteiger partial charge in [-0.1, -0.05) is 19.8 Å². The Morgan fingerprint density at radius 2 is 2.04 bits per heavy atom. The van der Waals surface area contributed by atoms with E-state index in [0.29, 0.717) is 37.1 Å². The van der Waals surface area contributed by atoms with Crippen LogP contribution in [0.4, 0.5) is 0 Å². The van der Waals surface area contributed by atoms with Gasteiger partial charge in [0, 0.05) is 31.6 Å². The highest BCUT2D eigenvalue weighted by atomic mass is 32.2. The van der Waals surface area contributed by atoms with E-state index in [9.17, 15) is 8.42 Å². The molecule has 0 aromatic carbocycles. The normalized spacial score (nSPS) is 16.8. The second-order valence-electron chi connectivity index (χ2n) is 5.80. The molecule has 1 aromatic rings. The van der Waals surface area contributed by atoms with Gasteiger partial charge in [0.1, 0.15) is 4.21 Å². The molecule has 0 radical (unpaired) electrons. The van der Waals surface area contributed by atoms with Crippen molar-refractivity contribution in [1.29, 1.82) is 0 Å². The van der Waals surface area contributed by atoms with E-state index in [1.807, 2.05) is 6.07 Å². The Kier molecular flexibility index (Phi) is 8.14. The number of thiophene rings is 1. The summed E-state index contributed by atoms with van der Waals surface area (Å²) in [7, 11) is -1.67. The van der Waals surface area contributed by atoms with Gasteiger partial charge < -0.3 is 15.4 Å². The maximum absolute atomic E-state index is 12.6. The van der Waals surface area contributed by atoms with Gasteiger partial charge in [0.25, 0.3) is 10.0 Å². The number of unbranched alkanes of at least 4 members (excludes halogenated alkanes) is 2. The second-order valence-corrected chi connectivity index (χ2v) is 9.13. The summed E-state index contributed by atoms with van der Waals surface area (Å²) in [6.45, 7) is 5.36. The zero-order chi connectivity index (χ0) is 18.1. The summed E-state index contributed by atoms with van der Waals surface area (Å²) in [6.07, 6.45) is 3.49. The van der Waals surface area contributed by atoms with Gasteiger partial charge in [-0.25, -0.2) is 8.42 Å². The second kappa shape index (κ2) is 10.1. The lowest BCUT2D eigenvalue weighted by Gasteiger charge is -2.25. The third kappa shape index (κ3) is 5.95. The van der Waals surface area contributed by atoms with Gasteiger partial charge in [0.15, 0.2) is 5.96 Å². The molecule has 1 aliphatic rings. The van der Waals surface area contributed by atoms with Crippen molar-refractivity contribution in [3.8, 4) is 0 Å². The number of sulfonamides is 1. The third-order valence-corrected chi connectivity index (χ3v) is 7.38. The third-order valence-electron chi connectivity index (χ3n) is 3.93. The molecule has 25 heavy (non-hydrogen) atoms. The maximum atomic E-state index is 12.6. The van der Waals surface area contributed by atoms with Gasteiger partial charge in [-0.15, -0.1) is 11.3 Å². The molecule has 0 saturated carbocycles. The lowest BCUT2D eigenvalue weighted by atomic mass is 10.2. The largest absolute Gasteiger partial charge is 0.379 e. The van der Waals surface area contributed by atoms with Crippen LogP contribution in [0.1, 0.15) is 31.1 Å². The summed E-state index contributed by atoms with van der Waals surface area (Å²) >= 11 is 1.30. The fourth-order valence-electron chi connectivity index (χ4n) is 2.48. The van der Waals surface area contributed by atoms with Crippen LogP contribution in [0.25, 0.3) is 0 Å². The molecule has 0 amide bonds. The molecular weight excluding hydrogens is 360 g/mol. The molecule has 0 unspecified atom stereocenters. The van der Waals surface area contributed by atoms with Crippen molar-refractivity contribution in [1.82, 2.24) is 14.9 Å². The number of nitrogens with zero attached hydrogens (tertiary/aromatic N) is 2. The van der Waals surface area contributed by atoms with Gasteiger partial charge in [0.2, 0.25) is 0 Å². The van der Waals surface area contributed by atoms with E-state index in [1.54, 1.807) is 13.1 Å². The average molecular weight is 389 g/mol. The molecule has 9 heteroatoms. The number of guanidine groups is 1. The Morgan fingerprint density at radius 1 is 1.28 bits per heavy atom. The first kappa shape index (κ1) is 20.2. The van der Waals surface area contributed by atoms with Crippen molar-refractivity contribution >= 4 is 27.3 Å². The monoisotopic (exact) mass is 388 g/mol. The molecule has 0 spiro atoms. The van der Waals surface area contributed by atoms with Crippen molar-refractivity contribution in [2.45, 2.75) is 36.9 Å². The van der Waals surface area contributed by atoms with Crippen molar-refractivity contribution in [2.75, 3.05) is 39.9 Å². The number of hydrogen-bond acceptors (Lipinski definition) is 5. The first-order valence-electron chi connectivity index (χ1n) is 8.69. The summed E-state index contributed by atoms with van der Waals surface area (Å²) in [5.41, 5.74) is 0. The Labute approximate surface area is 154 Å². The average Bonchev–Trinajstić information content (AvgIpc) is 3.12. The smallest absolute Gasteiger partial charge is 0.252 e. The van der Waals surface area contributed by atoms with Crippen molar-refractivity contribution in [3.63, 3.8) is 0 Å². The molecule has 1 aromatic heterocycles. The summed E-state index contributed by atoms with van der Waals surface area (Å²) < 4.78 is 32.4. The SMILES string of the molecule is CCCCCNC(=NC)NCc1ccc(S(=O)(=O)N2CCOCC2)s1. The highest BCUT2D eigenvalue weighted by molar-refractivity contribution is 7.91. The van der Waals surface area contributed by atoms with Crippen molar-refractivity contribution in [3.05, 3.63) is 17.0 Å². The van der Waals surface area contributed by atoms with Crippen LogP contribution >= 0.6 is 11.3 Å². The Bertz CT molecular complexity index is 652. The number of aliphatic imine (C=N–C) groups is 1. The Hall–Kier alpha value is -1.16. The highest BCUT2D eigenvalue weighted by Gasteiger charge is 2.27. The van der Waals surface area contributed by atoms with Crippen LogP contribution < -0.4 is 10.6 Å². The van der Waals surface area contributed by atoms with Crippen LogP contribution in [0, 0.1) is 0 Å². The molecular formula is C16H28N4O3S2. The number of hydrogen-bond donors (Lipinski definition) is 2. The van der Waals surface area contributed by atoms with E-state index in [2.05, 4.69) is 22.5 Å². The van der Waals surface area contributed by atoms with Crippen LogP contribution in [-0.4, -0.2) is 58.6 Å². The number of rotatable bonds is 8. The number of nitrogens with one attached hydrogen (secondary N) is 2. The Morgan fingerprint density at radius 3 is 2.72 bits per heavy atom. The first-order valence-corrected chi connectivity index (χ1v) is 10.9. The molecule has 0 bridgehead atoms. The molecule has 0 aliphatic carbocycles. The standard InChI is InChI=1S/C16H28N4O3S2/c1-3-4-5-8-18-16(17-2)19-13-14-6-7-15(24-14)25(21,22)20-9-11-23-12-10-20/h6-7H,3-5,8-13H2,1-2H3,(H2,17,18,19). The molecule has 1 saturated heterocycles. The minimum atomic E-state index is -3.41. The first-order chi connectivity index (χ1) is 12.1. The van der Waals surface area contributed by atoms with E-state index in [1.165, 1.54) is 28.5 Å². The van der Waals surface area contributed by atoms with Crippen LogP contribution in [0.15, 0.2) is 21.3 Å². The van der Waals surface area contributed by atoms with Crippen molar-refractivity contribution in [2.24, 2.45) is 4.99 Å². The lowest BCUT2D eigenvalue weighted by molar-refractivity contribution is 0.0731. The molecule has 2 N–H and O–H groups in total. The molecule has 2 heterocycles. The van der Waals surface area contributed by atoms with E-state index >= 15 is 0 Å². The number of ether oxygens (including phenoxy) is 1. The van der Waals surface area contributed by atoms with E-state index in [-0.39, 0.29) is 0 Å². The molecule has 2 rings (SSSR count). The minimum absolute atomic E-state index is 0.386. The Balaban J connectivity index is 1.88. The van der Waals surface area contributed by atoms with Gasteiger partial charge in [0.05, 0.1) is 19.8 Å². The zero-order valence-corrected chi connectivity index (χ0v) is 16.6. The zero-order valence-electron chi connectivity index (χ0n) is 15.0. The van der Waals surface area contributed by atoms with Crippen LogP contribution in [0.5, 0.6) is 0 Å².